The highest BCUT2D eigenvalue weighted by Gasteiger charge is 2.40. The molecule has 120 valence electrons. The second-order valence-corrected chi connectivity index (χ2v) is 6.42. The largest absolute Gasteiger partial charge is 0.350 e. The lowest BCUT2D eigenvalue weighted by Crippen LogP contribution is -2.36. The lowest BCUT2D eigenvalue weighted by molar-refractivity contribution is 0.0256. The molecular formula is C15H20F2N4O. The summed E-state index contributed by atoms with van der Waals surface area (Å²) in [6.07, 6.45) is 1.04. The van der Waals surface area contributed by atoms with Gasteiger partial charge in [0.1, 0.15) is 17.3 Å². The van der Waals surface area contributed by atoms with Gasteiger partial charge in [0.15, 0.2) is 0 Å². The van der Waals surface area contributed by atoms with Crippen molar-refractivity contribution >= 4 is 11.7 Å². The summed E-state index contributed by atoms with van der Waals surface area (Å²) in [4.78, 5) is 22.5. The number of aromatic nitrogens is 2. The minimum Gasteiger partial charge on any atom is -0.350 e. The van der Waals surface area contributed by atoms with Gasteiger partial charge in [0.2, 0.25) is 0 Å². The van der Waals surface area contributed by atoms with E-state index in [0.717, 1.165) is 0 Å². The Labute approximate surface area is 128 Å². The first kappa shape index (κ1) is 15.1. The number of amides is 1. The second-order valence-electron chi connectivity index (χ2n) is 6.42. The first-order valence-corrected chi connectivity index (χ1v) is 7.66. The molecule has 1 saturated heterocycles. The molecule has 0 aromatic carbocycles. The number of anilines is 1. The number of fused-ring (bicyclic) bond motifs is 1. The molecule has 1 aromatic heterocycles. The van der Waals surface area contributed by atoms with Gasteiger partial charge in [0.25, 0.3) is 11.8 Å². The molecule has 2 aliphatic heterocycles. The van der Waals surface area contributed by atoms with E-state index in [1.165, 1.54) is 0 Å². The predicted molar refractivity (Wildman–Crippen MR) is 78.4 cm³/mol. The molecule has 5 nitrogen and oxygen atoms in total. The van der Waals surface area contributed by atoms with Gasteiger partial charge >= 0.3 is 0 Å². The molecule has 0 bridgehead atoms. The van der Waals surface area contributed by atoms with Crippen LogP contribution in [-0.2, 0) is 12.8 Å². The van der Waals surface area contributed by atoms with Crippen LogP contribution in [0.2, 0.25) is 0 Å². The Morgan fingerprint density at radius 3 is 2.77 bits per heavy atom. The highest BCUT2D eigenvalue weighted by molar-refractivity contribution is 5.96. The summed E-state index contributed by atoms with van der Waals surface area (Å²) in [6, 6.07) is 0. The zero-order valence-corrected chi connectivity index (χ0v) is 12.8. The van der Waals surface area contributed by atoms with Gasteiger partial charge in [-0.25, -0.2) is 18.7 Å². The van der Waals surface area contributed by atoms with E-state index in [1.807, 2.05) is 13.8 Å². The van der Waals surface area contributed by atoms with Crippen molar-refractivity contribution in [2.75, 3.05) is 24.5 Å². The topological polar surface area (TPSA) is 58.1 Å². The number of carbonyl (C=O) groups is 1. The van der Waals surface area contributed by atoms with Crippen molar-refractivity contribution in [3.05, 3.63) is 17.1 Å². The Morgan fingerprint density at radius 1 is 1.36 bits per heavy atom. The second kappa shape index (κ2) is 5.44. The van der Waals surface area contributed by atoms with E-state index >= 15 is 0 Å². The lowest BCUT2D eigenvalue weighted by Gasteiger charge is -2.25. The van der Waals surface area contributed by atoms with Crippen LogP contribution < -0.4 is 10.2 Å². The van der Waals surface area contributed by atoms with Crippen LogP contribution in [0, 0.1) is 5.92 Å². The fourth-order valence-corrected chi connectivity index (χ4v) is 2.95. The lowest BCUT2D eigenvalue weighted by atomic mass is 10.0. The number of carbonyl (C=O) groups excluding carboxylic acids is 1. The monoisotopic (exact) mass is 310 g/mol. The maximum atomic E-state index is 13.5. The summed E-state index contributed by atoms with van der Waals surface area (Å²) in [5, 5.41) is 2.76. The van der Waals surface area contributed by atoms with Crippen molar-refractivity contribution in [1.29, 1.82) is 0 Å². The van der Waals surface area contributed by atoms with Gasteiger partial charge in [-0.05, 0) is 12.3 Å². The van der Waals surface area contributed by atoms with Gasteiger partial charge in [-0.2, -0.15) is 0 Å². The third-order valence-electron chi connectivity index (χ3n) is 3.97. The Hall–Kier alpha value is -1.79. The zero-order valence-electron chi connectivity index (χ0n) is 12.8. The SMILES string of the molecule is CC(C)Cc1nc2c(c(N3CCC(F)(F)C3)n1)CCNC2=O. The Kier molecular flexibility index (Phi) is 3.74. The molecule has 0 radical (unpaired) electrons. The van der Waals surface area contributed by atoms with Gasteiger partial charge in [-0.1, -0.05) is 13.8 Å². The van der Waals surface area contributed by atoms with E-state index in [4.69, 9.17) is 0 Å². The van der Waals surface area contributed by atoms with Crippen molar-refractivity contribution in [2.45, 2.75) is 39.0 Å². The van der Waals surface area contributed by atoms with E-state index in [0.29, 0.717) is 48.2 Å². The first-order chi connectivity index (χ1) is 10.4. The molecule has 3 rings (SSSR count). The van der Waals surface area contributed by atoms with Crippen molar-refractivity contribution in [3.63, 3.8) is 0 Å². The van der Waals surface area contributed by atoms with Crippen LogP contribution in [-0.4, -0.2) is 41.4 Å². The summed E-state index contributed by atoms with van der Waals surface area (Å²) in [5.74, 6) is -1.52. The molecule has 0 saturated carbocycles. The first-order valence-electron chi connectivity index (χ1n) is 7.66. The van der Waals surface area contributed by atoms with Crippen LogP contribution in [0.1, 0.15) is 42.1 Å². The van der Waals surface area contributed by atoms with Gasteiger partial charge in [-0.15, -0.1) is 0 Å². The molecule has 1 aromatic rings. The Bertz CT molecular complexity index is 603. The third kappa shape index (κ3) is 2.89. The van der Waals surface area contributed by atoms with E-state index < -0.39 is 5.92 Å². The maximum Gasteiger partial charge on any atom is 0.270 e. The average molecular weight is 310 g/mol. The normalized spacial score (nSPS) is 20.2. The number of halogens is 2. The summed E-state index contributed by atoms with van der Waals surface area (Å²) in [5.41, 5.74) is 1.05. The molecule has 1 N–H and O–H groups in total. The van der Waals surface area contributed by atoms with Crippen LogP contribution in [0.4, 0.5) is 14.6 Å². The summed E-state index contributed by atoms with van der Waals surface area (Å²) in [6.45, 7) is 4.49. The van der Waals surface area contributed by atoms with Crippen molar-refractivity contribution in [2.24, 2.45) is 5.92 Å². The van der Waals surface area contributed by atoms with E-state index in [2.05, 4.69) is 15.3 Å². The predicted octanol–water partition coefficient (Wildman–Crippen LogP) is 1.81. The molecule has 2 aliphatic rings. The van der Waals surface area contributed by atoms with Crippen LogP contribution in [0.5, 0.6) is 0 Å². The molecule has 1 amide bonds. The number of hydrogen-bond acceptors (Lipinski definition) is 4. The Morgan fingerprint density at radius 2 is 2.14 bits per heavy atom. The smallest absolute Gasteiger partial charge is 0.270 e. The van der Waals surface area contributed by atoms with Crippen LogP contribution in [0.15, 0.2) is 0 Å². The molecule has 3 heterocycles. The minimum atomic E-state index is -2.69. The third-order valence-corrected chi connectivity index (χ3v) is 3.97. The van der Waals surface area contributed by atoms with E-state index in [1.54, 1.807) is 4.90 Å². The molecule has 0 spiro atoms. The summed E-state index contributed by atoms with van der Waals surface area (Å²) in [7, 11) is 0. The van der Waals surface area contributed by atoms with Crippen LogP contribution in [0.25, 0.3) is 0 Å². The van der Waals surface area contributed by atoms with Gasteiger partial charge in [0.05, 0.1) is 6.54 Å². The van der Waals surface area contributed by atoms with Crippen molar-refractivity contribution in [3.8, 4) is 0 Å². The van der Waals surface area contributed by atoms with E-state index in [9.17, 15) is 13.6 Å². The standard InChI is InChI=1S/C15H20F2N4O/c1-9(2)7-11-19-12-10(3-5-18-14(12)22)13(20-11)21-6-4-15(16,17)8-21/h9H,3-8H2,1-2H3,(H,18,22). The highest BCUT2D eigenvalue weighted by atomic mass is 19.3. The van der Waals surface area contributed by atoms with Crippen molar-refractivity contribution in [1.82, 2.24) is 15.3 Å². The zero-order chi connectivity index (χ0) is 15.9. The molecular weight excluding hydrogens is 290 g/mol. The maximum absolute atomic E-state index is 13.5. The number of nitrogens with zero attached hydrogens (tertiary/aromatic N) is 3. The fourth-order valence-electron chi connectivity index (χ4n) is 2.95. The van der Waals surface area contributed by atoms with Crippen molar-refractivity contribution < 1.29 is 13.6 Å². The molecule has 0 atom stereocenters. The van der Waals surface area contributed by atoms with Gasteiger partial charge in [-0.3, -0.25) is 4.79 Å². The Balaban J connectivity index is 2.03. The number of hydrogen-bond donors (Lipinski definition) is 1. The highest BCUT2D eigenvalue weighted by Crippen LogP contribution is 2.33. The van der Waals surface area contributed by atoms with E-state index in [-0.39, 0.29) is 25.4 Å². The van der Waals surface area contributed by atoms with Crippen LogP contribution >= 0.6 is 0 Å². The average Bonchev–Trinajstić information content (AvgIpc) is 2.78. The molecule has 0 aliphatic carbocycles. The molecule has 7 heteroatoms. The fraction of sp³-hybridized carbons (Fsp3) is 0.667. The number of alkyl halides is 2. The summed E-state index contributed by atoms with van der Waals surface area (Å²) < 4.78 is 27.1. The molecule has 1 fully saturated rings. The number of rotatable bonds is 3. The van der Waals surface area contributed by atoms with Gasteiger partial charge in [0, 0.05) is 31.5 Å². The minimum absolute atomic E-state index is 0.169. The summed E-state index contributed by atoms with van der Waals surface area (Å²) >= 11 is 0. The molecule has 22 heavy (non-hydrogen) atoms. The molecule has 0 unspecified atom stereocenters. The van der Waals surface area contributed by atoms with Crippen LogP contribution in [0.3, 0.4) is 0 Å². The quantitative estimate of drug-likeness (QED) is 0.925. The van der Waals surface area contributed by atoms with Gasteiger partial charge < -0.3 is 10.2 Å². The number of nitrogens with one attached hydrogen (secondary N) is 1.